The van der Waals surface area contributed by atoms with E-state index in [4.69, 9.17) is 0 Å². The first-order valence-corrected chi connectivity index (χ1v) is 11.8. The van der Waals surface area contributed by atoms with Gasteiger partial charge in [0.1, 0.15) is 0 Å². The van der Waals surface area contributed by atoms with Crippen molar-refractivity contribution < 1.29 is 8.42 Å². The van der Waals surface area contributed by atoms with E-state index >= 15 is 0 Å². The molecular formula is C23H33ClN2O2S. The van der Waals surface area contributed by atoms with E-state index in [2.05, 4.69) is 36.5 Å². The van der Waals surface area contributed by atoms with Crippen LogP contribution >= 0.6 is 12.4 Å². The molecule has 6 heteroatoms. The minimum atomic E-state index is -3.58. The van der Waals surface area contributed by atoms with Gasteiger partial charge in [0.2, 0.25) is 0 Å². The van der Waals surface area contributed by atoms with Gasteiger partial charge >= 0.3 is 0 Å². The van der Waals surface area contributed by atoms with Crippen LogP contribution < -0.4 is 4.72 Å². The summed E-state index contributed by atoms with van der Waals surface area (Å²) in [7, 11) is -3.58. The van der Waals surface area contributed by atoms with E-state index < -0.39 is 10.0 Å². The number of rotatable bonds is 7. The Kier molecular flexibility index (Phi) is 8.56. The maximum atomic E-state index is 12.8. The second-order valence-corrected chi connectivity index (χ2v) is 9.78. The van der Waals surface area contributed by atoms with E-state index in [1.807, 2.05) is 30.3 Å². The van der Waals surface area contributed by atoms with Gasteiger partial charge < -0.3 is 4.90 Å². The van der Waals surface area contributed by atoms with Crippen molar-refractivity contribution in [2.75, 3.05) is 24.4 Å². The van der Waals surface area contributed by atoms with Gasteiger partial charge in [-0.3, -0.25) is 4.72 Å². The van der Waals surface area contributed by atoms with Crippen molar-refractivity contribution in [3.8, 4) is 0 Å². The van der Waals surface area contributed by atoms with Crippen LogP contribution in [0.5, 0.6) is 0 Å². The molecule has 2 aromatic rings. The molecule has 1 fully saturated rings. The molecule has 1 atom stereocenters. The third kappa shape index (κ3) is 6.21. The van der Waals surface area contributed by atoms with E-state index in [1.54, 1.807) is 12.1 Å². The van der Waals surface area contributed by atoms with Gasteiger partial charge in [0.05, 0.1) is 4.90 Å². The monoisotopic (exact) mass is 436 g/mol. The summed E-state index contributed by atoms with van der Waals surface area (Å²) in [5.41, 5.74) is 2.99. The molecule has 4 nitrogen and oxygen atoms in total. The molecule has 1 aliphatic rings. The lowest BCUT2D eigenvalue weighted by molar-refractivity contribution is 0.208. The van der Waals surface area contributed by atoms with E-state index in [0.29, 0.717) is 22.4 Å². The second kappa shape index (κ2) is 10.5. The van der Waals surface area contributed by atoms with Crippen molar-refractivity contribution in [3.05, 3.63) is 59.7 Å². The summed E-state index contributed by atoms with van der Waals surface area (Å²) in [6.45, 7) is 9.77. The van der Waals surface area contributed by atoms with E-state index in [9.17, 15) is 8.42 Å². The zero-order chi connectivity index (χ0) is 20.1. The highest BCUT2D eigenvalue weighted by Gasteiger charge is 2.21. The standard InChI is InChI=1S/C23H32N2O2S.ClH/c1-4-14-25-15-6-8-21(17-25)20-7-5-9-22(16-20)24-28(26,27)23-12-10-19(11-13-23)18(2)3;/h5,7,9-13,16,18,21,24H,4,6,8,14-15,17H2,1-3H3;1H. The number of hydrogen-bond donors (Lipinski definition) is 1. The van der Waals surface area contributed by atoms with Gasteiger partial charge in [-0.2, -0.15) is 0 Å². The third-order valence-electron chi connectivity index (χ3n) is 5.51. The van der Waals surface area contributed by atoms with Crippen LogP contribution in [0.3, 0.4) is 0 Å². The van der Waals surface area contributed by atoms with Gasteiger partial charge in [0.25, 0.3) is 10.0 Å². The summed E-state index contributed by atoms with van der Waals surface area (Å²) < 4.78 is 28.3. The van der Waals surface area contributed by atoms with Crippen LogP contribution in [0.2, 0.25) is 0 Å². The molecule has 1 unspecified atom stereocenters. The molecule has 29 heavy (non-hydrogen) atoms. The van der Waals surface area contributed by atoms with Crippen LogP contribution in [0.1, 0.15) is 63.0 Å². The molecule has 1 N–H and O–H groups in total. The average molecular weight is 437 g/mol. The number of nitrogens with zero attached hydrogens (tertiary/aromatic N) is 1. The Morgan fingerprint density at radius 3 is 2.52 bits per heavy atom. The topological polar surface area (TPSA) is 49.4 Å². The fourth-order valence-electron chi connectivity index (χ4n) is 3.95. The Hall–Kier alpha value is -1.56. The highest BCUT2D eigenvalue weighted by Crippen LogP contribution is 2.29. The number of nitrogens with one attached hydrogen (secondary N) is 1. The summed E-state index contributed by atoms with van der Waals surface area (Å²) >= 11 is 0. The first-order chi connectivity index (χ1) is 13.4. The van der Waals surface area contributed by atoms with Crippen molar-refractivity contribution in [1.82, 2.24) is 4.90 Å². The number of likely N-dealkylation sites (tertiary alicyclic amines) is 1. The van der Waals surface area contributed by atoms with Gasteiger partial charge in [-0.1, -0.05) is 45.0 Å². The first kappa shape index (κ1) is 23.7. The number of halogens is 1. The maximum absolute atomic E-state index is 12.8. The second-order valence-electron chi connectivity index (χ2n) is 8.09. The quantitative estimate of drug-likeness (QED) is 0.612. The third-order valence-corrected chi connectivity index (χ3v) is 6.91. The molecule has 2 aromatic carbocycles. The van der Waals surface area contributed by atoms with Crippen LogP contribution in [0.15, 0.2) is 53.4 Å². The van der Waals surface area contributed by atoms with Crippen LogP contribution in [-0.2, 0) is 10.0 Å². The lowest BCUT2D eigenvalue weighted by Gasteiger charge is -2.32. The molecule has 1 heterocycles. The molecule has 1 aliphatic heterocycles. The van der Waals surface area contributed by atoms with Crippen LogP contribution in [0.4, 0.5) is 5.69 Å². The highest BCUT2D eigenvalue weighted by atomic mass is 35.5. The molecule has 160 valence electrons. The van der Waals surface area contributed by atoms with E-state index in [-0.39, 0.29) is 12.4 Å². The van der Waals surface area contributed by atoms with Gasteiger partial charge in [0.15, 0.2) is 0 Å². The predicted molar refractivity (Wildman–Crippen MR) is 124 cm³/mol. The molecule has 0 bridgehead atoms. The summed E-state index contributed by atoms with van der Waals surface area (Å²) in [4.78, 5) is 2.82. The highest BCUT2D eigenvalue weighted by molar-refractivity contribution is 7.92. The Labute approximate surface area is 182 Å². The molecule has 0 saturated carbocycles. The fourth-order valence-corrected chi connectivity index (χ4v) is 5.00. The molecule has 3 rings (SSSR count). The number of sulfonamides is 1. The number of benzene rings is 2. The minimum Gasteiger partial charge on any atom is -0.303 e. The summed E-state index contributed by atoms with van der Waals surface area (Å²) in [6, 6.07) is 15.1. The van der Waals surface area contributed by atoms with Crippen LogP contribution in [0, 0.1) is 0 Å². The van der Waals surface area contributed by atoms with Gasteiger partial charge in [-0.15, -0.1) is 12.4 Å². The van der Waals surface area contributed by atoms with Gasteiger partial charge in [-0.05, 0) is 79.6 Å². The SMILES string of the molecule is CCCN1CCCC(c2cccc(NS(=O)(=O)c3ccc(C(C)C)cc3)c2)C1.Cl. The zero-order valence-corrected chi connectivity index (χ0v) is 19.2. The molecular weight excluding hydrogens is 404 g/mol. The van der Waals surface area contributed by atoms with Crippen molar-refractivity contribution in [1.29, 1.82) is 0 Å². The van der Waals surface area contributed by atoms with Crippen molar-refractivity contribution >= 4 is 28.1 Å². The van der Waals surface area contributed by atoms with E-state index in [0.717, 1.165) is 25.1 Å². The molecule has 0 aromatic heterocycles. The predicted octanol–water partition coefficient (Wildman–Crippen LogP) is 5.62. The normalized spacial score (nSPS) is 17.7. The molecule has 1 saturated heterocycles. The van der Waals surface area contributed by atoms with Crippen molar-refractivity contribution in [2.45, 2.75) is 56.8 Å². The molecule has 0 spiro atoms. The lowest BCUT2D eigenvalue weighted by atomic mass is 9.90. The van der Waals surface area contributed by atoms with Crippen LogP contribution in [0.25, 0.3) is 0 Å². The lowest BCUT2D eigenvalue weighted by Crippen LogP contribution is -2.34. The fraction of sp³-hybridized carbons (Fsp3) is 0.478. The Morgan fingerprint density at radius 1 is 1.14 bits per heavy atom. The summed E-state index contributed by atoms with van der Waals surface area (Å²) in [6.07, 6.45) is 3.53. The first-order valence-electron chi connectivity index (χ1n) is 10.3. The largest absolute Gasteiger partial charge is 0.303 e. The van der Waals surface area contributed by atoms with Gasteiger partial charge in [-0.25, -0.2) is 8.42 Å². The van der Waals surface area contributed by atoms with Crippen LogP contribution in [-0.4, -0.2) is 33.0 Å². The molecule has 0 amide bonds. The summed E-state index contributed by atoms with van der Waals surface area (Å²) in [5.74, 6) is 0.847. The summed E-state index contributed by atoms with van der Waals surface area (Å²) in [5, 5.41) is 0. The minimum absolute atomic E-state index is 0. The van der Waals surface area contributed by atoms with E-state index in [1.165, 1.54) is 24.9 Å². The van der Waals surface area contributed by atoms with Gasteiger partial charge in [0, 0.05) is 12.2 Å². The molecule has 0 radical (unpaired) electrons. The Bertz CT molecular complexity index is 880. The maximum Gasteiger partial charge on any atom is 0.261 e. The Balaban J connectivity index is 0.00000300. The average Bonchev–Trinajstić information content (AvgIpc) is 2.68. The smallest absolute Gasteiger partial charge is 0.261 e. The van der Waals surface area contributed by atoms with Crippen molar-refractivity contribution in [3.63, 3.8) is 0 Å². The number of piperidine rings is 1. The molecule has 0 aliphatic carbocycles. The zero-order valence-electron chi connectivity index (χ0n) is 17.6. The number of anilines is 1. The number of hydrogen-bond acceptors (Lipinski definition) is 3. The Morgan fingerprint density at radius 2 is 1.86 bits per heavy atom. The van der Waals surface area contributed by atoms with Crippen molar-refractivity contribution in [2.24, 2.45) is 0 Å².